The van der Waals surface area contributed by atoms with E-state index in [9.17, 15) is 0 Å². The molecule has 0 heterocycles. The van der Waals surface area contributed by atoms with Crippen LogP contribution in [0.1, 0.15) is 40.0 Å². The van der Waals surface area contributed by atoms with Crippen LogP contribution < -0.4 is 0 Å². The molecule has 0 aliphatic rings. The molecular formula is C11H21N. The van der Waals surface area contributed by atoms with Gasteiger partial charge in [0, 0.05) is 12.8 Å². The molecule has 0 rings (SSSR count). The average Bonchev–Trinajstić information content (AvgIpc) is 2.11. The van der Waals surface area contributed by atoms with E-state index in [-0.39, 0.29) is 0 Å². The SMILES string of the molecule is CCC(C)/C=C\CC/C(C)=N\C. The third-order valence-corrected chi connectivity index (χ3v) is 2.16. The Kier molecular flexibility index (Phi) is 6.73. The summed E-state index contributed by atoms with van der Waals surface area (Å²) < 4.78 is 0. The van der Waals surface area contributed by atoms with Gasteiger partial charge in [-0.05, 0) is 25.7 Å². The van der Waals surface area contributed by atoms with Gasteiger partial charge in [0.1, 0.15) is 0 Å². The summed E-state index contributed by atoms with van der Waals surface area (Å²) in [6, 6.07) is 0. The van der Waals surface area contributed by atoms with Crippen molar-refractivity contribution in [3.05, 3.63) is 12.2 Å². The van der Waals surface area contributed by atoms with E-state index in [0.717, 1.165) is 18.8 Å². The van der Waals surface area contributed by atoms with Crippen LogP contribution in [-0.2, 0) is 0 Å². The molecule has 0 aromatic rings. The van der Waals surface area contributed by atoms with E-state index in [2.05, 4.69) is 37.9 Å². The minimum atomic E-state index is 0.726. The molecule has 12 heavy (non-hydrogen) atoms. The van der Waals surface area contributed by atoms with E-state index in [1.807, 2.05) is 7.05 Å². The molecule has 0 radical (unpaired) electrons. The van der Waals surface area contributed by atoms with Crippen LogP contribution in [0.3, 0.4) is 0 Å². The molecule has 0 saturated heterocycles. The highest BCUT2D eigenvalue weighted by atomic mass is 14.7. The van der Waals surface area contributed by atoms with Crippen molar-refractivity contribution in [2.75, 3.05) is 7.05 Å². The molecule has 0 aromatic carbocycles. The van der Waals surface area contributed by atoms with Crippen LogP contribution in [0.4, 0.5) is 0 Å². The summed E-state index contributed by atoms with van der Waals surface area (Å²) in [6.45, 7) is 6.54. The van der Waals surface area contributed by atoms with E-state index in [0.29, 0.717) is 0 Å². The molecular weight excluding hydrogens is 146 g/mol. The Morgan fingerprint density at radius 3 is 2.67 bits per heavy atom. The normalized spacial score (nSPS) is 15.5. The molecule has 1 heteroatoms. The highest BCUT2D eigenvalue weighted by Crippen LogP contribution is 2.03. The Morgan fingerprint density at radius 1 is 1.50 bits per heavy atom. The maximum atomic E-state index is 4.11. The molecule has 0 fully saturated rings. The van der Waals surface area contributed by atoms with E-state index >= 15 is 0 Å². The Morgan fingerprint density at radius 2 is 2.17 bits per heavy atom. The van der Waals surface area contributed by atoms with Crippen molar-refractivity contribution in [3.63, 3.8) is 0 Å². The van der Waals surface area contributed by atoms with Crippen molar-refractivity contribution in [2.24, 2.45) is 10.9 Å². The third-order valence-electron chi connectivity index (χ3n) is 2.16. The zero-order valence-electron chi connectivity index (χ0n) is 8.80. The minimum absolute atomic E-state index is 0.726. The van der Waals surface area contributed by atoms with E-state index < -0.39 is 0 Å². The fourth-order valence-electron chi connectivity index (χ4n) is 0.869. The minimum Gasteiger partial charge on any atom is -0.298 e. The molecule has 0 saturated carbocycles. The highest BCUT2D eigenvalue weighted by Gasteiger charge is 1.90. The zero-order chi connectivity index (χ0) is 9.40. The first-order valence-electron chi connectivity index (χ1n) is 4.79. The lowest BCUT2D eigenvalue weighted by molar-refractivity contribution is 0.695. The number of nitrogens with zero attached hydrogens (tertiary/aromatic N) is 1. The monoisotopic (exact) mass is 167 g/mol. The molecule has 0 spiro atoms. The maximum absolute atomic E-state index is 4.11. The first-order chi connectivity index (χ1) is 5.70. The Balaban J connectivity index is 3.49. The largest absolute Gasteiger partial charge is 0.298 e. The number of aliphatic imine (C=N–C) groups is 1. The molecule has 0 bridgehead atoms. The molecule has 0 amide bonds. The summed E-state index contributed by atoms with van der Waals surface area (Å²) in [5.41, 5.74) is 1.24. The summed E-state index contributed by atoms with van der Waals surface area (Å²) >= 11 is 0. The lowest BCUT2D eigenvalue weighted by Crippen LogP contribution is -1.89. The lowest BCUT2D eigenvalue weighted by atomic mass is 10.1. The predicted octanol–water partition coefficient (Wildman–Crippen LogP) is 3.46. The summed E-state index contributed by atoms with van der Waals surface area (Å²) in [7, 11) is 1.85. The van der Waals surface area contributed by atoms with Gasteiger partial charge in [0.2, 0.25) is 0 Å². The second-order valence-corrected chi connectivity index (χ2v) is 3.31. The number of hydrogen-bond acceptors (Lipinski definition) is 1. The first kappa shape index (κ1) is 11.4. The van der Waals surface area contributed by atoms with Crippen LogP contribution in [0.5, 0.6) is 0 Å². The Bertz CT molecular complexity index is 156. The number of hydrogen-bond donors (Lipinski definition) is 0. The van der Waals surface area contributed by atoms with Gasteiger partial charge in [0.15, 0.2) is 0 Å². The van der Waals surface area contributed by atoms with Crippen molar-refractivity contribution in [1.29, 1.82) is 0 Å². The fraction of sp³-hybridized carbons (Fsp3) is 0.727. The van der Waals surface area contributed by atoms with E-state index in [4.69, 9.17) is 0 Å². The van der Waals surface area contributed by atoms with Crippen LogP contribution >= 0.6 is 0 Å². The Hall–Kier alpha value is -0.590. The first-order valence-corrected chi connectivity index (χ1v) is 4.79. The number of allylic oxidation sites excluding steroid dienone is 2. The van der Waals surface area contributed by atoms with E-state index in [1.165, 1.54) is 12.1 Å². The topological polar surface area (TPSA) is 12.4 Å². The lowest BCUT2D eigenvalue weighted by Gasteiger charge is -1.99. The van der Waals surface area contributed by atoms with Crippen molar-refractivity contribution in [2.45, 2.75) is 40.0 Å². The molecule has 0 aromatic heterocycles. The summed E-state index contributed by atoms with van der Waals surface area (Å²) in [5, 5.41) is 0. The predicted molar refractivity (Wildman–Crippen MR) is 56.9 cm³/mol. The van der Waals surface area contributed by atoms with Crippen molar-refractivity contribution in [1.82, 2.24) is 0 Å². The van der Waals surface area contributed by atoms with Crippen LogP contribution in [0, 0.1) is 5.92 Å². The maximum Gasteiger partial charge on any atom is 0.0276 e. The second-order valence-electron chi connectivity index (χ2n) is 3.31. The quantitative estimate of drug-likeness (QED) is 0.439. The zero-order valence-corrected chi connectivity index (χ0v) is 8.80. The van der Waals surface area contributed by atoms with Gasteiger partial charge in [-0.2, -0.15) is 0 Å². The van der Waals surface area contributed by atoms with Crippen molar-refractivity contribution in [3.8, 4) is 0 Å². The van der Waals surface area contributed by atoms with Crippen LogP contribution in [0.2, 0.25) is 0 Å². The molecule has 1 unspecified atom stereocenters. The van der Waals surface area contributed by atoms with Gasteiger partial charge in [-0.3, -0.25) is 4.99 Å². The second kappa shape index (κ2) is 7.08. The van der Waals surface area contributed by atoms with Gasteiger partial charge >= 0.3 is 0 Å². The standard InChI is InChI=1S/C11H21N/c1-5-10(2)8-6-7-9-11(3)12-4/h6,8,10H,5,7,9H2,1-4H3/b8-6-,12-11-. The summed E-state index contributed by atoms with van der Waals surface area (Å²) in [4.78, 5) is 4.11. The highest BCUT2D eigenvalue weighted by molar-refractivity contribution is 5.81. The molecule has 1 nitrogen and oxygen atoms in total. The average molecular weight is 167 g/mol. The summed E-state index contributed by atoms with van der Waals surface area (Å²) in [5.74, 6) is 0.726. The summed E-state index contributed by atoms with van der Waals surface area (Å²) in [6.07, 6.45) is 8.03. The van der Waals surface area contributed by atoms with Gasteiger partial charge in [0.25, 0.3) is 0 Å². The molecule has 0 N–H and O–H groups in total. The van der Waals surface area contributed by atoms with Gasteiger partial charge in [-0.1, -0.05) is 32.4 Å². The number of rotatable bonds is 5. The van der Waals surface area contributed by atoms with Crippen LogP contribution in [0.15, 0.2) is 17.1 Å². The Labute approximate surface area is 76.6 Å². The smallest absolute Gasteiger partial charge is 0.0276 e. The fourth-order valence-corrected chi connectivity index (χ4v) is 0.869. The van der Waals surface area contributed by atoms with Crippen molar-refractivity contribution < 1.29 is 0 Å². The van der Waals surface area contributed by atoms with Gasteiger partial charge < -0.3 is 0 Å². The van der Waals surface area contributed by atoms with E-state index in [1.54, 1.807) is 0 Å². The van der Waals surface area contributed by atoms with Crippen molar-refractivity contribution >= 4 is 5.71 Å². The molecule has 70 valence electrons. The molecule has 0 aliphatic heterocycles. The van der Waals surface area contributed by atoms with Gasteiger partial charge in [-0.15, -0.1) is 0 Å². The van der Waals surface area contributed by atoms with Gasteiger partial charge in [-0.25, -0.2) is 0 Å². The van der Waals surface area contributed by atoms with Crippen LogP contribution in [0.25, 0.3) is 0 Å². The van der Waals surface area contributed by atoms with Crippen LogP contribution in [-0.4, -0.2) is 12.8 Å². The van der Waals surface area contributed by atoms with Gasteiger partial charge in [0.05, 0.1) is 0 Å². The third kappa shape index (κ3) is 6.14. The molecule has 0 aliphatic carbocycles. The molecule has 1 atom stereocenters.